The predicted octanol–water partition coefficient (Wildman–Crippen LogP) is 2.69. The molecular formula is C13H13BrN4O. The van der Waals surface area contributed by atoms with Gasteiger partial charge in [-0.25, -0.2) is 4.98 Å². The van der Waals surface area contributed by atoms with Crippen molar-refractivity contribution in [2.45, 2.75) is 13.8 Å². The minimum absolute atomic E-state index is 0.320. The summed E-state index contributed by atoms with van der Waals surface area (Å²) in [4.78, 5) is 20.4. The maximum atomic E-state index is 12.1. The predicted molar refractivity (Wildman–Crippen MR) is 78.0 cm³/mol. The van der Waals surface area contributed by atoms with E-state index >= 15 is 0 Å². The van der Waals surface area contributed by atoms with Gasteiger partial charge in [0.15, 0.2) is 0 Å². The number of anilines is 2. The highest BCUT2D eigenvalue weighted by molar-refractivity contribution is 9.10. The summed E-state index contributed by atoms with van der Waals surface area (Å²) in [5.74, 6) is 0.157. The lowest BCUT2D eigenvalue weighted by molar-refractivity contribution is 0.102. The minimum Gasteiger partial charge on any atom is -0.398 e. The molecule has 19 heavy (non-hydrogen) atoms. The first-order chi connectivity index (χ1) is 8.97. The summed E-state index contributed by atoms with van der Waals surface area (Å²) < 4.78 is 0.891. The van der Waals surface area contributed by atoms with Crippen LogP contribution in [0.5, 0.6) is 0 Å². The normalized spacial score (nSPS) is 10.3. The van der Waals surface area contributed by atoms with Crippen LogP contribution in [0.1, 0.15) is 21.7 Å². The van der Waals surface area contributed by atoms with Crippen LogP contribution >= 0.6 is 15.9 Å². The van der Waals surface area contributed by atoms with Gasteiger partial charge in [0.2, 0.25) is 0 Å². The molecule has 0 unspecified atom stereocenters. The van der Waals surface area contributed by atoms with Gasteiger partial charge in [-0.3, -0.25) is 9.78 Å². The molecule has 2 rings (SSSR count). The third kappa shape index (κ3) is 3.08. The van der Waals surface area contributed by atoms with Crippen molar-refractivity contribution in [3.63, 3.8) is 0 Å². The molecule has 3 N–H and O–H groups in total. The van der Waals surface area contributed by atoms with E-state index in [-0.39, 0.29) is 5.91 Å². The van der Waals surface area contributed by atoms with Crippen LogP contribution in [-0.4, -0.2) is 15.9 Å². The number of pyridine rings is 2. The first-order valence-corrected chi connectivity index (χ1v) is 6.43. The molecule has 0 bridgehead atoms. The summed E-state index contributed by atoms with van der Waals surface area (Å²) in [6.07, 6.45) is 1.46. The summed E-state index contributed by atoms with van der Waals surface area (Å²) in [7, 11) is 0. The third-order valence-corrected chi connectivity index (χ3v) is 3.42. The first-order valence-electron chi connectivity index (χ1n) is 5.64. The van der Waals surface area contributed by atoms with Gasteiger partial charge in [-0.1, -0.05) is 0 Å². The summed E-state index contributed by atoms with van der Waals surface area (Å²) in [5.41, 5.74) is 8.11. The first kappa shape index (κ1) is 13.5. The molecule has 2 heterocycles. The fourth-order valence-electron chi connectivity index (χ4n) is 1.57. The Bertz CT molecular complexity index is 643. The van der Waals surface area contributed by atoms with Crippen molar-refractivity contribution in [3.8, 4) is 0 Å². The molecule has 6 heteroatoms. The molecule has 2 aromatic rings. The number of nitrogen functional groups attached to an aromatic ring is 1. The number of hydrogen-bond donors (Lipinski definition) is 2. The van der Waals surface area contributed by atoms with Gasteiger partial charge in [0.25, 0.3) is 5.91 Å². The summed E-state index contributed by atoms with van der Waals surface area (Å²) >= 11 is 3.35. The Balaban J connectivity index is 2.23. The summed E-state index contributed by atoms with van der Waals surface area (Å²) in [5, 5.41) is 2.70. The Hall–Kier alpha value is -1.95. The quantitative estimate of drug-likeness (QED) is 0.891. The Kier molecular flexibility index (Phi) is 3.80. The lowest BCUT2D eigenvalue weighted by Crippen LogP contribution is -2.15. The van der Waals surface area contributed by atoms with Crippen LogP contribution in [0.4, 0.5) is 11.5 Å². The summed E-state index contributed by atoms with van der Waals surface area (Å²) in [6.45, 7) is 3.67. The molecule has 98 valence electrons. The Labute approximate surface area is 119 Å². The Morgan fingerprint density at radius 1 is 1.37 bits per heavy atom. The lowest BCUT2D eigenvalue weighted by atomic mass is 10.2. The number of halogens is 1. The van der Waals surface area contributed by atoms with Crippen molar-refractivity contribution in [2.24, 2.45) is 0 Å². The van der Waals surface area contributed by atoms with Crippen molar-refractivity contribution in [1.82, 2.24) is 9.97 Å². The fourth-order valence-corrected chi connectivity index (χ4v) is 1.79. The second-order valence-corrected chi connectivity index (χ2v) is 4.99. The minimum atomic E-state index is -0.320. The largest absolute Gasteiger partial charge is 0.398 e. The molecule has 0 aliphatic rings. The van der Waals surface area contributed by atoms with E-state index < -0.39 is 0 Å². The SMILES string of the molecule is Cc1cc(N)c(C(=O)Nc2ccc(Br)c(C)n2)cn1. The van der Waals surface area contributed by atoms with E-state index in [1.807, 2.05) is 19.9 Å². The van der Waals surface area contributed by atoms with E-state index in [0.29, 0.717) is 17.1 Å². The van der Waals surface area contributed by atoms with Gasteiger partial charge in [0.1, 0.15) is 5.82 Å². The van der Waals surface area contributed by atoms with Crippen LogP contribution < -0.4 is 11.1 Å². The molecule has 1 amide bonds. The van der Waals surface area contributed by atoms with Gasteiger partial charge in [0, 0.05) is 22.1 Å². The van der Waals surface area contributed by atoms with Gasteiger partial charge in [0.05, 0.1) is 11.3 Å². The molecule has 5 nitrogen and oxygen atoms in total. The highest BCUT2D eigenvalue weighted by Gasteiger charge is 2.11. The van der Waals surface area contributed by atoms with Crippen molar-refractivity contribution in [2.75, 3.05) is 11.1 Å². The van der Waals surface area contributed by atoms with E-state index in [2.05, 4.69) is 31.2 Å². The molecule has 0 aliphatic carbocycles. The molecule has 0 saturated carbocycles. The van der Waals surface area contributed by atoms with Gasteiger partial charge in [-0.15, -0.1) is 0 Å². The number of aryl methyl sites for hydroxylation is 2. The molecule has 0 aromatic carbocycles. The highest BCUT2D eigenvalue weighted by Crippen LogP contribution is 2.18. The Morgan fingerprint density at radius 2 is 2.11 bits per heavy atom. The standard InChI is InChI=1S/C13H13BrN4O/c1-7-5-11(15)9(6-16-7)13(19)18-12-4-3-10(14)8(2)17-12/h3-6H,1-2H3,(H2,15,16)(H,17,18,19). The third-order valence-electron chi connectivity index (χ3n) is 2.58. The topological polar surface area (TPSA) is 80.9 Å². The maximum absolute atomic E-state index is 12.1. The lowest BCUT2D eigenvalue weighted by Gasteiger charge is -2.08. The van der Waals surface area contributed by atoms with Crippen LogP contribution in [0.2, 0.25) is 0 Å². The average Bonchev–Trinajstić information content (AvgIpc) is 2.33. The monoisotopic (exact) mass is 320 g/mol. The number of rotatable bonds is 2. The van der Waals surface area contributed by atoms with Gasteiger partial charge in [-0.05, 0) is 48.0 Å². The van der Waals surface area contributed by atoms with Crippen LogP contribution in [0.15, 0.2) is 28.9 Å². The number of carbonyl (C=O) groups is 1. The van der Waals surface area contributed by atoms with Crippen molar-refractivity contribution >= 4 is 33.3 Å². The second-order valence-electron chi connectivity index (χ2n) is 4.13. The van der Waals surface area contributed by atoms with E-state index in [9.17, 15) is 4.79 Å². The maximum Gasteiger partial charge on any atom is 0.260 e. The number of amides is 1. The smallest absolute Gasteiger partial charge is 0.260 e. The molecular weight excluding hydrogens is 308 g/mol. The zero-order valence-corrected chi connectivity index (χ0v) is 12.2. The van der Waals surface area contributed by atoms with Gasteiger partial charge < -0.3 is 11.1 Å². The van der Waals surface area contributed by atoms with Gasteiger partial charge in [-0.2, -0.15) is 0 Å². The number of nitrogens with zero attached hydrogens (tertiary/aromatic N) is 2. The van der Waals surface area contributed by atoms with E-state index in [4.69, 9.17) is 5.73 Å². The molecule has 0 spiro atoms. The van der Waals surface area contributed by atoms with Crippen LogP contribution in [0.3, 0.4) is 0 Å². The van der Waals surface area contributed by atoms with E-state index in [1.54, 1.807) is 12.1 Å². The van der Waals surface area contributed by atoms with Crippen molar-refractivity contribution in [3.05, 3.63) is 45.8 Å². The van der Waals surface area contributed by atoms with Crippen molar-refractivity contribution in [1.29, 1.82) is 0 Å². The van der Waals surface area contributed by atoms with Crippen molar-refractivity contribution < 1.29 is 4.79 Å². The van der Waals surface area contributed by atoms with E-state index in [1.165, 1.54) is 6.20 Å². The van der Waals surface area contributed by atoms with Crippen LogP contribution in [0, 0.1) is 13.8 Å². The number of nitrogens with two attached hydrogens (primary N) is 1. The zero-order chi connectivity index (χ0) is 14.0. The van der Waals surface area contributed by atoms with Crippen LogP contribution in [-0.2, 0) is 0 Å². The second kappa shape index (κ2) is 5.36. The molecule has 0 atom stereocenters. The molecule has 2 aromatic heterocycles. The Morgan fingerprint density at radius 3 is 2.74 bits per heavy atom. The molecule has 0 aliphatic heterocycles. The number of carbonyl (C=O) groups excluding carboxylic acids is 1. The number of nitrogens with one attached hydrogen (secondary N) is 1. The molecule has 0 saturated heterocycles. The highest BCUT2D eigenvalue weighted by atomic mass is 79.9. The van der Waals surface area contributed by atoms with E-state index in [0.717, 1.165) is 15.9 Å². The summed E-state index contributed by atoms with van der Waals surface area (Å²) in [6, 6.07) is 5.21. The average molecular weight is 321 g/mol. The fraction of sp³-hybridized carbons (Fsp3) is 0.154. The number of hydrogen-bond acceptors (Lipinski definition) is 4. The molecule has 0 radical (unpaired) electrons. The zero-order valence-electron chi connectivity index (χ0n) is 10.6. The molecule has 0 fully saturated rings. The van der Waals surface area contributed by atoms with Crippen LogP contribution in [0.25, 0.3) is 0 Å². The number of aromatic nitrogens is 2. The van der Waals surface area contributed by atoms with Gasteiger partial charge >= 0.3 is 0 Å².